The first-order chi connectivity index (χ1) is 9.38. The van der Waals surface area contributed by atoms with Crippen LogP contribution in [-0.4, -0.2) is 0 Å². The fraction of sp³-hybridized carbons (Fsp3) is 0.158. The lowest BCUT2D eigenvalue weighted by molar-refractivity contribution is 0.618. The predicted octanol–water partition coefficient (Wildman–Crippen LogP) is 4.76. The number of hydrogen-bond acceptors (Lipinski definition) is 0. The molecule has 0 saturated carbocycles. The topological polar surface area (TPSA) is 0 Å². The highest BCUT2D eigenvalue weighted by Crippen LogP contribution is 2.55. The summed E-state index contributed by atoms with van der Waals surface area (Å²) in [6.07, 6.45) is 11.9. The minimum atomic E-state index is 0.198. The molecule has 0 spiro atoms. The summed E-state index contributed by atoms with van der Waals surface area (Å²) in [5, 5.41) is 2.73. The van der Waals surface area contributed by atoms with Gasteiger partial charge in [0.2, 0.25) is 0 Å². The highest BCUT2D eigenvalue weighted by molar-refractivity contribution is 5.95. The average molecular weight is 242 g/mol. The predicted molar refractivity (Wildman–Crippen MR) is 80.1 cm³/mol. The highest BCUT2D eigenvalue weighted by Gasteiger charge is 2.44. The Hall–Kier alpha value is -2.08. The number of benzene rings is 2. The van der Waals surface area contributed by atoms with Crippen LogP contribution in [0.5, 0.6) is 0 Å². The zero-order valence-corrected chi connectivity index (χ0v) is 10.7. The molecule has 2 aromatic rings. The number of fused-ring (bicyclic) bond motifs is 3. The van der Waals surface area contributed by atoms with Gasteiger partial charge < -0.3 is 0 Å². The summed E-state index contributed by atoms with van der Waals surface area (Å²) in [5.74, 6) is 0. The lowest BCUT2D eigenvalue weighted by Crippen LogP contribution is -2.24. The first-order valence-electron chi connectivity index (χ1n) is 7.02. The van der Waals surface area contributed by atoms with Crippen molar-refractivity contribution in [3.63, 3.8) is 0 Å². The summed E-state index contributed by atoms with van der Waals surface area (Å²) in [6.45, 7) is 0. The van der Waals surface area contributed by atoms with Crippen LogP contribution in [0.25, 0.3) is 16.8 Å². The first kappa shape index (κ1) is 9.80. The molecule has 90 valence electrons. The molecule has 3 aliphatic rings. The van der Waals surface area contributed by atoms with Gasteiger partial charge in [0.15, 0.2) is 0 Å². The van der Waals surface area contributed by atoms with E-state index in [2.05, 4.69) is 60.7 Å². The van der Waals surface area contributed by atoms with Crippen molar-refractivity contribution in [1.29, 1.82) is 0 Å². The van der Waals surface area contributed by atoms with Crippen LogP contribution in [0.2, 0.25) is 0 Å². The van der Waals surface area contributed by atoms with Crippen LogP contribution in [0.15, 0.2) is 65.8 Å². The molecule has 19 heavy (non-hydrogen) atoms. The fourth-order valence-electron chi connectivity index (χ4n) is 4.13. The largest absolute Gasteiger partial charge is 0.0693 e. The van der Waals surface area contributed by atoms with E-state index >= 15 is 0 Å². The molecule has 0 radical (unpaired) electrons. The Morgan fingerprint density at radius 1 is 0.895 bits per heavy atom. The van der Waals surface area contributed by atoms with E-state index in [1.807, 2.05) is 0 Å². The zero-order chi connectivity index (χ0) is 12.4. The molecule has 1 atom stereocenters. The minimum absolute atomic E-state index is 0.198. The van der Waals surface area contributed by atoms with E-state index in [4.69, 9.17) is 0 Å². The van der Waals surface area contributed by atoms with Gasteiger partial charge in [-0.2, -0.15) is 0 Å². The van der Waals surface area contributed by atoms with Crippen molar-refractivity contribution in [3.8, 4) is 0 Å². The highest BCUT2D eigenvalue weighted by atomic mass is 14.5. The Bertz CT molecular complexity index is 817. The van der Waals surface area contributed by atoms with Crippen LogP contribution in [-0.2, 0) is 5.41 Å². The van der Waals surface area contributed by atoms with Gasteiger partial charge in [0, 0.05) is 5.41 Å². The Morgan fingerprint density at radius 3 is 2.74 bits per heavy atom. The Morgan fingerprint density at radius 2 is 1.84 bits per heavy atom. The monoisotopic (exact) mass is 242 g/mol. The van der Waals surface area contributed by atoms with E-state index in [9.17, 15) is 0 Å². The molecule has 0 amide bonds. The third kappa shape index (κ3) is 1.02. The summed E-state index contributed by atoms with van der Waals surface area (Å²) in [4.78, 5) is 0. The van der Waals surface area contributed by atoms with Crippen molar-refractivity contribution in [1.82, 2.24) is 0 Å². The van der Waals surface area contributed by atoms with Crippen LogP contribution >= 0.6 is 0 Å². The van der Waals surface area contributed by atoms with Gasteiger partial charge in [0.05, 0.1) is 0 Å². The van der Waals surface area contributed by atoms with Gasteiger partial charge >= 0.3 is 0 Å². The van der Waals surface area contributed by atoms with Crippen molar-refractivity contribution in [2.75, 3.05) is 0 Å². The minimum Gasteiger partial charge on any atom is -0.0693 e. The number of allylic oxidation sites excluding steroid dienone is 5. The first-order valence-corrected chi connectivity index (χ1v) is 7.02. The second-order valence-corrected chi connectivity index (χ2v) is 5.82. The number of hydrogen-bond donors (Lipinski definition) is 0. The molecule has 3 aliphatic carbocycles. The Balaban J connectivity index is 1.93. The molecular weight excluding hydrogens is 228 g/mol. The summed E-state index contributed by atoms with van der Waals surface area (Å²) in [6, 6.07) is 13.3. The summed E-state index contributed by atoms with van der Waals surface area (Å²) in [7, 11) is 0. The third-order valence-electron chi connectivity index (χ3n) is 5.05. The van der Waals surface area contributed by atoms with E-state index in [1.54, 1.807) is 11.1 Å². The smallest absolute Gasteiger partial charge is 0.0397 e. The van der Waals surface area contributed by atoms with Crippen LogP contribution in [0, 0.1) is 0 Å². The number of rotatable bonds is 0. The second kappa shape index (κ2) is 3.08. The Labute approximate surface area is 112 Å². The summed E-state index contributed by atoms with van der Waals surface area (Å²) < 4.78 is 0. The molecule has 0 aromatic heterocycles. The van der Waals surface area contributed by atoms with Gasteiger partial charge in [0.25, 0.3) is 0 Å². The maximum absolute atomic E-state index is 2.43. The van der Waals surface area contributed by atoms with Gasteiger partial charge in [-0.1, -0.05) is 60.7 Å². The van der Waals surface area contributed by atoms with Gasteiger partial charge in [0.1, 0.15) is 0 Å². The average Bonchev–Trinajstić information content (AvgIpc) is 3.02. The summed E-state index contributed by atoms with van der Waals surface area (Å²) >= 11 is 0. The molecule has 0 unspecified atom stereocenters. The molecule has 2 bridgehead atoms. The molecule has 0 heterocycles. The second-order valence-electron chi connectivity index (χ2n) is 5.82. The lowest BCUT2D eigenvalue weighted by atomic mass is 9.70. The van der Waals surface area contributed by atoms with Crippen molar-refractivity contribution in [2.45, 2.75) is 18.3 Å². The van der Waals surface area contributed by atoms with E-state index in [0.29, 0.717) is 0 Å². The van der Waals surface area contributed by atoms with E-state index in [0.717, 1.165) is 0 Å². The zero-order valence-electron chi connectivity index (χ0n) is 10.7. The van der Waals surface area contributed by atoms with Gasteiger partial charge in [-0.25, -0.2) is 0 Å². The van der Waals surface area contributed by atoms with Crippen LogP contribution < -0.4 is 0 Å². The third-order valence-corrected chi connectivity index (χ3v) is 5.05. The van der Waals surface area contributed by atoms with Gasteiger partial charge in [-0.05, 0) is 45.9 Å². The lowest BCUT2D eigenvalue weighted by Gasteiger charge is -2.32. The molecule has 0 N–H and O–H groups in total. The van der Waals surface area contributed by atoms with Crippen molar-refractivity contribution < 1.29 is 0 Å². The Kier molecular flexibility index (Phi) is 1.59. The van der Waals surface area contributed by atoms with Crippen LogP contribution in [0.4, 0.5) is 0 Å². The van der Waals surface area contributed by atoms with Crippen molar-refractivity contribution in [2.24, 2.45) is 0 Å². The maximum Gasteiger partial charge on any atom is 0.0397 e. The van der Waals surface area contributed by atoms with E-state index in [1.165, 1.54) is 34.7 Å². The van der Waals surface area contributed by atoms with Crippen LogP contribution in [0.3, 0.4) is 0 Å². The molecule has 2 aromatic carbocycles. The van der Waals surface area contributed by atoms with Crippen molar-refractivity contribution in [3.05, 3.63) is 76.9 Å². The molecule has 5 rings (SSSR count). The van der Waals surface area contributed by atoms with Crippen LogP contribution in [0.1, 0.15) is 24.0 Å². The quantitative estimate of drug-likeness (QED) is 0.624. The summed E-state index contributed by atoms with van der Waals surface area (Å²) in [5.41, 5.74) is 6.23. The SMILES string of the molecule is C1=C[C@@]23CCC1=C2C=Cc1c3ccc2ccccc12. The molecule has 0 aliphatic heterocycles. The van der Waals surface area contributed by atoms with E-state index < -0.39 is 0 Å². The normalized spacial score (nSPS) is 26.1. The van der Waals surface area contributed by atoms with Gasteiger partial charge in [-0.3, -0.25) is 0 Å². The molecular formula is C19H14. The standard InChI is InChI=1S/C19H14/c1-2-4-15-13(3-1)5-7-18-16(15)6-8-17-14-9-11-19(17,18)12-10-14/h1-9,11H,10,12H2/t19-/m1/s1. The van der Waals surface area contributed by atoms with E-state index in [-0.39, 0.29) is 5.41 Å². The van der Waals surface area contributed by atoms with Gasteiger partial charge in [-0.15, -0.1) is 0 Å². The fourth-order valence-corrected chi connectivity index (χ4v) is 4.13. The molecule has 0 nitrogen and oxygen atoms in total. The molecule has 0 saturated heterocycles. The molecule has 0 heteroatoms. The van der Waals surface area contributed by atoms with Crippen molar-refractivity contribution >= 4 is 16.8 Å². The molecule has 0 fully saturated rings. The maximum atomic E-state index is 2.43.